The van der Waals surface area contributed by atoms with Gasteiger partial charge in [0, 0.05) is 19.1 Å². The van der Waals surface area contributed by atoms with Gasteiger partial charge < -0.3 is 16.0 Å². The Hall–Kier alpha value is -0.770. The van der Waals surface area contributed by atoms with Crippen molar-refractivity contribution in [2.75, 3.05) is 19.6 Å². The largest absolute Gasteiger partial charge is 0.333 e. The van der Waals surface area contributed by atoms with Crippen molar-refractivity contribution in [3.63, 3.8) is 0 Å². The number of urea groups is 1. The van der Waals surface area contributed by atoms with E-state index in [1.165, 1.54) is 0 Å². The topological polar surface area (TPSA) is 58.4 Å². The molecule has 70 valence electrons. The maximum absolute atomic E-state index is 11.2. The molecule has 4 nitrogen and oxygen atoms in total. The molecule has 1 fully saturated rings. The van der Waals surface area contributed by atoms with Crippen LogP contribution in [0.5, 0.6) is 0 Å². The third-order valence-corrected chi connectivity index (χ3v) is 2.18. The summed E-state index contributed by atoms with van der Waals surface area (Å²) in [5.74, 6) is 0. The lowest BCUT2D eigenvalue weighted by Crippen LogP contribution is -2.30. The average molecular weight is 171 g/mol. The van der Waals surface area contributed by atoms with Crippen LogP contribution in [0.2, 0.25) is 0 Å². The van der Waals surface area contributed by atoms with Crippen LogP contribution in [0.1, 0.15) is 19.8 Å². The zero-order chi connectivity index (χ0) is 8.97. The van der Waals surface area contributed by atoms with E-state index in [1.54, 1.807) is 0 Å². The van der Waals surface area contributed by atoms with E-state index in [0.717, 1.165) is 25.9 Å². The summed E-state index contributed by atoms with van der Waals surface area (Å²) < 4.78 is 0. The molecule has 0 aromatic heterocycles. The van der Waals surface area contributed by atoms with E-state index in [0.29, 0.717) is 12.6 Å². The zero-order valence-corrected chi connectivity index (χ0v) is 7.55. The summed E-state index contributed by atoms with van der Waals surface area (Å²) in [6.07, 6.45) is 1.90. The van der Waals surface area contributed by atoms with E-state index in [-0.39, 0.29) is 6.03 Å². The van der Waals surface area contributed by atoms with Crippen molar-refractivity contribution in [3.8, 4) is 0 Å². The highest BCUT2D eigenvalue weighted by molar-refractivity contribution is 5.76. The van der Waals surface area contributed by atoms with E-state index in [4.69, 9.17) is 5.73 Å². The van der Waals surface area contributed by atoms with Crippen molar-refractivity contribution in [3.05, 3.63) is 0 Å². The second-order valence-corrected chi connectivity index (χ2v) is 3.14. The van der Waals surface area contributed by atoms with Gasteiger partial charge in [0.1, 0.15) is 0 Å². The van der Waals surface area contributed by atoms with E-state index in [1.807, 2.05) is 4.90 Å². The van der Waals surface area contributed by atoms with Crippen LogP contribution >= 0.6 is 0 Å². The Kier molecular flexibility index (Phi) is 3.34. The molecule has 1 heterocycles. The van der Waals surface area contributed by atoms with Crippen LogP contribution in [-0.4, -0.2) is 36.6 Å². The smallest absolute Gasteiger partial charge is 0.317 e. The second-order valence-electron chi connectivity index (χ2n) is 3.14. The maximum Gasteiger partial charge on any atom is 0.317 e. The molecule has 3 N–H and O–H groups in total. The molecule has 0 radical (unpaired) electrons. The van der Waals surface area contributed by atoms with Crippen molar-refractivity contribution in [1.29, 1.82) is 0 Å². The summed E-state index contributed by atoms with van der Waals surface area (Å²) in [5, 5.41) is 2.91. The first kappa shape index (κ1) is 9.32. The Labute approximate surface area is 73.1 Å². The molecule has 0 aliphatic carbocycles. The highest BCUT2D eigenvalue weighted by Gasteiger charge is 2.26. The minimum atomic E-state index is 0.0651. The van der Waals surface area contributed by atoms with Crippen molar-refractivity contribution in [2.24, 2.45) is 5.73 Å². The average Bonchev–Trinajstić information content (AvgIpc) is 2.43. The van der Waals surface area contributed by atoms with Gasteiger partial charge in [0.25, 0.3) is 0 Å². The molecular formula is C8H17N3O. The quantitative estimate of drug-likeness (QED) is 0.632. The Morgan fingerprint density at radius 2 is 2.50 bits per heavy atom. The van der Waals surface area contributed by atoms with Crippen molar-refractivity contribution in [1.82, 2.24) is 10.2 Å². The summed E-state index contributed by atoms with van der Waals surface area (Å²) in [6.45, 7) is 4.37. The summed E-state index contributed by atoms with van der Waals surface area (Å²) in [4.78, 5) is 13.1. The highest BCUT2D eigenvalue weighted by Crippen LogP contribution is 2.06. The zero-order valence-electron chi connectivity index (χ0n) is 7.55. The third-order valence-electron chi connectivity index (χ3n) is 2.18. The first-order valence-corrected chi connectivity index (χ1v) is 4.53. The van der Waals surface area contributed by atoms with Crippen molar-refractivity contribution in [2.45, 2.75) is 25.8 Å². The minimum Gasteiger partial charge on any atom is -0.333 e. The summed E-state index contributed by atoms with van der Waals surface area (Å²) in [6, 6.07) is 0.408. The normalized spacial score (nSPS) is 23.0. The van der Waals surface area contributed by atoms with Crippen LogP contribution in [0.25, 0.3) is 0 Å². The van der Waals surface area contributed by atoms with Crippen LogP contribution in [0.15, 0.2) is 0 Å². The first-order valence-electron chi connectivity index (χ1n) is 4.53. The molecule has 1 aliphatic heterocycles. The van der Waals surface area contributed by atoms with Gasteiger partial charge in [-0.1, -0.05) is 6.92 Å². The van der Waals surface area contributed by atoms with Gasteiger partial charge in [-0.3, -0.25) is 0 Å². The number of amides is 2. The molecule has 1 saturated heterocycles. The molecule has 1 rings (SSSR count). The molecular weight excluding hydrogens is 154 g/mol. The molecule has 0 aromatic carbocycles. The number of nitrogens with two attached hydrogens (primary N) is 1. The lowest BCUT2D eigenvalue weighted by molar-refractivity contribution is 0.217. The molecule has 1 atom stereocenters. The number of hydrogen-bond donors (Lipinski definition) is 2. The van der Waals surface area contributed by atoms with Crippen LogP contribution < -0.4 is 11.1 Å². The van der Waals surface area contributed by atoms with Gasteiger partial charge in [-0.15, -0.1) is 0 Å². The fourth-order valence-electron chi connectivity index (χ4n) is 1.37. The Morgan fingerprint density at radius 3 is 3.00 bits per heavy atom. The van der Waals surface area contributed by atoms with Crippen LogP contribution in [0.3, 0.4) is 0 Å². The number of rotatable bonds is 4. The molecule has 0 spiro atoms. The predicted octanol–water partition coefficient (Wildman–Crippen LogP) is 0.139. The molecule has 0 saturated carbocycles. The van der Waals surface area contributed by atoms with Gasteiger partial charge in [-0.25, -0.2) is 4.79 Å². The lowest BCUT2D eigenvalue weighted by Gasteiger charge is -2.12. The molecule has 2 amide bonds. The van der Waals surface area contributed by atoms with E-state index in [2.05, 4.69) is 12.2 Å². The summed E-state index contributed by atoms with van der Waals surface area (Å²) in [7, 11) is 0. The monoisotopic (exact) mass is 171 g/mol. The Balaban J connectivity index is 2.31. The number of carbonyl (C=O) groups is 1. The number of carbonyl (C=O) groups excluding carboxylic acids is 1. The van der Waals surface area contributed by atoms with E-state index < -0.39 is 0 Å². The van der Waals surface area contributed by atoms with E-state index in [9.17, 15) is 4.79 Å². The van der Waals surface area contributed by atoms with Crippen molar-refractivity contribution < 1.29 is 4.79 Å². The number of nitrogens with zero attached hydrogens (tertiary/aromatic N) is 1. The minimum absolute atomic E-state index is 0.0651. The van der Waals surface area contributed by atoms with Gasteiger partial charge in [0.15, 0.2) is 0 Å². The summed E-state index contributed by atoms with van der Waals surface area (Å²) >= 11 is 0. The molecule has 12 heavy (non-hydrogen) atoms. The molecule has 1 aliphatic rings. The Morgan fingerprint density at radius 1 is 1.75 bits per heavy atom. The summed E-state index contributed by atoms with van der Waals surface area (Å²) in [5.41, 5.74) is 5.36. The van der Waals surface area contributed by atoms with Gasteiger partial charge in [-0.05, 0) is 19.4 Å². The standard InChI is InChI=1S/C8H17N3O/c1-2-7-6-11(5-3-4-9)8(12)10-7/h7H,2-6,9H2,1H3,(H,10,12). The Bertz CT molecular complexity index is 160. The van der Waals surface area contributed by atoms with Crippen LogP contribution in [0, 0.1) is 0 Å². The van der Waals surface area contributed by atoms with Crippen molar-refractivity contribution >= 4 is 6.03 Å². The highest BCUT2D eigenvalue weighted by atomic mass is 16.2. The third kappa shape index (κ3) is 2.11. The first-order chi connectivity index (χ1) is 5.77. The van der Waals surface area contributed by atoms with Gasteiger partial charge >= 0.3 is 6.03 Å². The lowest BCUT2D eigenvalue weighted by atomic mass is 10.2. The second kappa shape index (κ2) is 4.30. The maximum atomic E-state index is 11.2. The van der Waals surface area contributed by atoms with Gasteiger partial charge in [0.2, 0.25) is 0 Å². The van der Waals surface area contributed by atoms with Crippen LogP contribution in [-0.2, 0) is 0 Å². The van der Waals surface area contributed by atoms with Gasteiger partial charge in [0.05, 0.1) is 0 Å². The predicted molar refractivity (Wildman–Crippen MR) is 47.9 cm³/mol. The SMILES string of the molecule is CCC1CN(CCCN)C(=O)N1. The molecule has 0 bridgehead atoms. The number of hydrogen-bond acceptors (Lipinski definition) is 2. The van der Waals surface area contributed by atoms with Crippen LogP contribution in [0.4, 0.5) is 4.79 Å². The fraction of sp³-hybridized carbons (Fsp3) is 0.875. The molecule has 0 aromatic rings. The molecule has 4 heteroatoms. The van der Waals surface area contributed by atoms with E-state index >= 15 is 0 Å². The molecule has 1 unspecified atom stereocenters. The number of nitrogens with one attached hydrogen (secondary N) is 1. The van der Waals surface area contributed by atoms with Gasteiger partial charge in [-0.2, -0.15) is 0 Å². The fourth-order valence-corrected chi connectivity index (χ4v) is 1.37.